The second kappa shape index (κ2) is 8.09. The van der Waals surface area contributed by atoms with E-state index in [1.165, 1.54) is 19.2 Å². The van der Waals surface area contributed by atoms with Gasteiger partial charge < -0.3 is 20.5 Å². The lowest BCUT2D eigenvalue weighted by atomic mass is 10.1. The fraction of sp³-hybridized carbons (Fsp3) is 0.176. The number of rotatable bonds is 6. The standard InChI is InChI=1S/C17H16Cl2N2O4/c1-9-11(18)4-3-5-13(9)21-17(23)10-6-12(19)16(14(7-10)24-2)25-8-15(20)22/h3-7H,8H2,1-2H3,(H2,20,22)(H,21,23). The van der Waals surface area contributed by atoms with Crippen molar-refractivity contribution in [2.45, 2.75) is 6.92 Å². The van der Waals surface area contributed by atoms with Crippen LogP contribution in [0, 0.1) is 6.92 Å². The van der Waals surface area contributed by atoms with Crippen LogP contribution < -0.4 is 20.5 Å². The Morgan fingerprint density at radius 2 is 1.92 bits per heavy atom. The third kappa shape index (κ3) is 4.55. The van der Waals surface area contributed by atoms with Gasteiger partial charge in [-0.3, -0.25) is 9.59 Å². The molecule has 0 saturated heterocycles. The number of nitrogens with one attached hydrogen (secondary N) is 1. The second-order valence-electron chi connectivity index (χ2n) is 5.11. The maximum atomic E-state index is 12.5. The quantitative estimate of drug-likeness (QED) is 0.800. The number of hydrogen-bond donors (Lipinski definition) is 2. The van der Waals surface area contributed by atoms with Crippen LogP contribution in [0.3, 0.4) is 0 Å². The lowest BCUT2D eigenvalue weighted by Gasteiger charge is -2.14. The van der Waals surface area contributed by atoms with Gasteiger partial charge in [-0.05, 0) is 36.8 Å². The van der Waals surface area contributed by atoms with E-state index < -0.39 is 11.8 Å². The van der Waals surface area contributed by atoms with E-state index in [-0.39, 0.29) is 28.7 Å². The fourth-order valence-electron chi connectivity index (χ4n) is 2.07. The first-order valence-corrected chi connectivity index (χ1v) is 7.94. The summed E-state index contributed by atoms with van der Waals surface area (Å²) in [5.41, 5.74) is 6.64. The van der Waals surface area contributed by atoms with Gasteiger partial charge in [0.2, 0.25) is 0 Å². The molecule has 0 fully saturated rings. The second-order valence-corrected chi connectivity index (χ2v) is 5.93. The van der Waals surface area contributed by atoms with E-state index >= 15 is 0 Å². The molecule has 0 aromatic heterocycles. The Kier molecular flexibility index (Phi) is 6.12. The fourth-order valence-corrected chi connectivity index (χ4v) is 2.51. The average Bonchev–Trinajstić information content (AvgIpc) is 2.56. The number of carbonyl (C=O) groups is 2. The largest absolute Gasteiger partial charge is 0.493 e. The third-order valence-electron chi connectivity index (χ3n) is 3.37. The summed E-state index contributed by atoms with van der Waals surface area (Å²) in [7, 11) is 1.39. The number of halogens is 2. The Hall–Kier alpha value is -2.44. The van der Waals surface area contributed by atoms with Crippen molar-refractivity contribution >= 4 is 40.7 Å². The predicted molar refractivity (Wildman–Crippen MR) is 96.8 cm³/mol. The molecule has 132 valence electrons. The van der Waals surface area contributed by atoms with Crippen LogP contribution in [0.4, 0.5) is 5.69 Å². The topological polar surface area (TPSA) is 90.7 Å². The van der Waals surface area contributed by atoms with Crippen molar-refractivity contribution in [1.82, 2.24) is 0 Å². The number of nitrogens with two attached hydrogens (primary N) is 1. The number of carbonyl (C=O) groups excluding carboxylic acids is 2. The number of methoxy groups -OCH3 is 1. The summed E-state index contributed by atoms with van der Waals surface area (Å²) >= 11 is 12.2. The molecule has 0 unspecified atom stereocenters. The zero-order valence-electron chi connectivity index (χ0n) is 13.6. The summed E-state index contributed by atoms with van der Waals surface area (Å²) in [4.78, 5) is 23.4. The van der Waals surface area contributed by atoms with E-state index in [4.69, 9.17) is 38.4 Å². The van der Waals surface area contributed by atoms with E-state index in [2.05, 4.69) is 5.32 Å². The highest BCUT2D eigenvalue weighted by molar-refractivity contribution is 6.33. The van der Waals surface area contributed by atoms with E-state index in [0.29, 0.717) is 10.7 Å². The number of benzene rings is 2. The van der Waals surface area contributed by atoms with Crippen molar-refractivity contribution in [3.63, 3.8) is 0 Å². The van der Waals surface area contributed by atoms with Crippen molar-refractivity contribution in [3.05, 3.63) is 51.5 Å². The van der Waals surface area contributed by atoms with Crippen molar-refractivity contribution in [3.8, 4) is 11.5 Å². The van der Waals surface area contributed by atoms with Crippen LogP contribution >= 0.6 is 23.2 Å². The molecule has 0 bridgehead atoms. The molecule has 0 aliphatic carbocycles. The van der Waals surface area contributed by atoms with Crippen molar-refractivity contribution in [2.75, 3.05) is 19.0 Å². The molecule has 0 saturated carbocycles. The summed E-state index contributed by atoms with van der Waals surface area (Å²) in [6.07, 6.45) is 0. The Morgan fingerprint density at radius 3 is 2.56 bits per heavy atom. The lowest BCUT2D eigenvalue weighted by molar-refractivity contribution is -0.119. The van der Waals surface area contributed by atoms with Crippen LogP contribution in [0.1, 0.15) is 15.9 Å². The summed E-state index contributed by atoms with van der Waals surface area (Å²) in [6, 6.07) is 8.08. The van der Waals surface area contributed by atoms with Crippen LogP contribution in [0.2, 0.25) is 10.0 Å². The highest BCUT2D eigenvalue weighted by Gasteiger charge is 2.17. The lowest BCUT2D eigenvalue weighted by Crippen LogP contribution is -2.20. The van der Waals surface area contributed by atoms with Crippen LogP contribution in [-0.4, -0.2) is 25.5 Å². The molecular formula is C17H16Cl2N2O4. The maximum absolute atomic E-state index is 12.5. The van der Waals surface area contributed by atoms with Gasteiger partial charge in [-0.15, -0.1) is 0 Å². The van der Waals surface area contributed by atoms with Gasteiger partial charge in [-0.2, -0.15) is 0 Å². The van der Waals surface area contributed by atoms with Gasteiger partial charge in [0.25, 0.3) is 11.8 Å². The minimum atomic E-state index is -0.656. The van der Waals surface area contributed by atoms with E-state index in [9.17, 15) is 9.59 Å². The van der Waals surface area contributed by atoms with Crippen LogP contribution in [0.25, 0.3) is 0 Å². The molecule has 2 aromatic rings. The average molecular weight is 383 g/mol. The Balaban J connectivity index is 2.29. The molecule has 0 heterocycles. The van der Waals surface area contributed by atoms with Crippen molar-refractivity contribution < 1.29 is 19.1 Å². The molecule has 2 rings (SSSR count). The molecule has 8 heteroatoms. The van der Waals surface area contributed by atoms with Crippen LogP contribution in [0.5, 0.6) is 11.5 Å². The number of amides is 2. The summed E-state index contributed by atoms with van der Waals surface area (Å²) in [5, 5.41) is 3.43. The summed E-state index contributed by atoms with van der Waals surface area (Å²) in [6.45, 7) is 1.44. The van der Waals surface area contributed by atoms with Crippen LogP contribution in [-0.2, 0) is 4.79 Å². The SMILES string of the molecule is COc1cc(C(=O)Nc2cccc(Cl)c2C)cc(Cl)c1OCC(N)=O. The first-order valence-electron chi connectivity index (χ1n) is 7.18. The highest BCUT2D eigenvalue weighted by atomic mass is 35.5. The summed E-state index contributed by atoms with van der Waals surface area (Å²) in [5.74, 6) is -0.705. The van der Waals surface area contributed by atoms with E-state index in [1.807, 2.05) is 0 Å². The zero-order valence-corrected chi connectivity index (χ0v) is 15.1. The number of hydrogen-bond acceptors (Lipinski definition) is 4. The number of primary amides is 1. The molecule has 2 amide bonds. The Labute approximate surface area is 154 Å². The van der Waals surface area contributed by atoms with Gasteiger partial charge in [-0.1, -0.05) is 29.3 Å². The van der Waals surface area contributed by atoms with Crippen LogP contribution in [0.15, 0.2) is 30.3 Å². The number of anilines is 1. The predicted octanol–water partition coefficient (Wildman–Crippen LogP) is 3.43. The zero-order chi connectivity index (χ0) is 18.6. The van der Waals surface area contributed by atoms with Gasteiger partial charge >= 0.3 is 0 Å². The Morgan fingerprint density at radius 1 is 1.20 bits per heavy atom. The molecule has 25 heavy (non-hydrogen) atoms. The molecule has 0 aliphatic heterocycles. The molecule has 3 N–H and O–H groups in total. The normalized spacial score (nSPS) is 10.2. The minimum Gasteiger partial charge on any atom is -0.493 e. The molecule has 6 nitrogen and oxygen atoms in total. The van der Waals surface area contributed by atoms with Gasteiger partial charge in [0, 0.05) is 16.3 Å². The molecule has 0 radical (unpaired) electrons. The van der Waals surface area contributed by atoms with Crippen molar-refractivity contribution in [1.29, 1.82) is 0 Å². The summed E-state index contributed by atoms with van der Waals surface area (Å²) < 4.78 is 10.4. The van der Waals surface area contributed by atoms with E-state index in [1.54, 1.807) is 25.1 Å². The molecule has 0 spiro atoms. The first-order chi connectivity index (χ1) is 11.8. The third-order valence-corrected chi connectivity index (χ3v) is 4.06. The monoisotopic (exact) mass is 382 g/mol. The number of ether oxygens (including phenoxy) is 2. The molecule has 0 atom stereocenters. The van der Waals surface area contributed by atoms with Crippen molar-refractivity contribution in [2.24, 2.45) is 5.73 Å². The maximum Gasteiger partial charge on any atom is 0.255 e. The highest BCUT2D eigenvalue weighted by Crippen LogP contribution is 2.36. The van der Waals surface area contributed by atoms with Gasteiger partial charge in [0.15, 0.2) is 18.1 Å². The molecule has 2 aromatic carbocycles. The minimum absolute atomic E-state index is 0.119. The van der Waals surface area contributed by atoms with E-state index in [0.717, 1.165) is 5.56 Å². The van der Waals surface area contributed by atoms with Gasteiger partial charge in [-0.25, -0.2) is 0 Å². The smallest absolute Gasteiger partial charge is 0.255 e. The molecule has 0 aliphatic rings. The first kappa shape index (κ1) is 18.9. The van der Waals surface area contributed by atoms with Gasteiger partial charge in [0.05, 0.1) is 12.1 Å². The van der Waals surface area contributed by atoms with Gasteiger partial charge in [0.1, 0.15) is 0 Å². The Bertz CT molecular complexity index is 825. The molecular weight excluding hydrogens is 367 g/mol.